The number of hydrogen-bond acceptors (Lipinski definition) is 3. The zero-order valence-electron chi connectivity index (χ0n) is 17.0. The quantitative estimate of drug-likeness (QED) is 0.728. The average molecular weight is 391 g/mol. The zero-order chi connectivity index (χ0) is 20.2. The monoisotopic (exact) mass is 391 g/mol. The molecule has 1 N–H and O–H groups in total. The molecule has 2 aromatic carbocycles. The van der Waals surface area contributed by atoms with Gasteiger partial charge in [0, 0.05) is 10.9 Å². The number of benzene rings is 2. The minimum absolute atomic E-state index is 0.0171. The van der Waals surface area contributed by atoms with E-state index < -0.39 is 0 Å². The number of amides is 1. The van der Waals surface area contributed by atoms with Gasteiger partial charge in [0.05, 0.1) is 39.8 Å². The highest BCUT2D eigenvalue weighted by atomic mass is 16.5. The van der Waals surface area contributed by atoms with E-state index in [1.165, 1.54) is 10.5 Å². The lowest BCUT2D eigenvalue weighted by atomic mass is 10.1. The van der Waals surface area contributed by atoms with E-state index in [1.54, 1.807) is 7.11 Å². The summed E-state index contributed by atoms with van der Waals surface area (Å²) in [6.07, 6.45) is 4.38. The van der Waals surface area contributed by atoms with Crippen molar-refractivity contribution in [3.05, 3.63) is 71.5 Å². The molecule has 1 aliphatic rings. The first-order valence-corrected chi connectivity index (χ1v) is 10.1. The molecule has 0 spiro atoms. The molecule has 3 aromatic rings. The van der Waals surface area contributed by atoms with Crippen molar-refractivity contribution in [2.45, 2.75) is 6.92 Å². The second-order valence-corrected chi connectivity index (χ2v) is 7.48. The summed E-state index contributed by atoms with van der Waals surface area (Å²) in [4.78, 5) is 16.4. The number of carbonyl (C=O) groups excluding carboxylic acids is 1. The molecular weight excluding hydrogens is 364 g/mol. The van der Waals surface area contributed by atoms with Crippen molar-refractivity contribution >= 4 is 23.0 Å². The number of ether oxygens (including phenoxy) is 1. The molecule has 1 aromatic heterocycles. The standard InChI is InChI=1S/C24H26N2O3/c1-18-21-17-20(28-2)10-11-22(21)29-23(18)24(27)26-15-13-25(14-16-26)12-6-9-19-7-4-3-5-8-19/h3-11,17H,12-16H2,1-2H3/p+1/b9-6+. The predicted molar refractivity (Wildman–Crippen MR) is 114 cm³/mol. The van der Waals surface area contributed by atoms with Gasteiger partial charge in [0.2, 0.25) is 0 Å². The molecule has 4 rings (SSSR count). The van der Waals surface area contributed by atoms with Crippen LogP contribution < -0.4 is 9.64 Å². The molecule has 1 fully saturated rings. The van der Waals surface area contributed by atoms with Crippen LogP contribution in [0.1, 0.15) is 21.7 Å². The summed E-state index contributed by atoms with van der Waals surface area (Å²) in [5, 5.41) is 0.933. The van der Waals surface area contributed by atoms with Gasteiger partial charge in [0.1, 0.15) is 11.3 Å². The van der Waals surface area contributed by atoms with Gasteiger partial charge in [-0.1, -0.05) is 36.4 Å². The Morgan fingerprint density at radius 1 is 1.17 bits per heavy atom. The van der Waals surface area contributed by atoms with Gasteiger partial charge in [-0.2, -0.15) is 0 Å². The molecule has 0 saturated carbocycles. The van der Waals surface area contributed by atoms with Crippen molar-refractivity contribution in [1.29, 1.82) is 0 Å². The Bertz CT molecular complexity index is 1020. The number of furan rings is 1. The number of carbonyl (C=O) groups is 1. The van der Waals surface area contributed by atoms with Crippen LogP contribution in [0.3, 0.4) is 0 Å². The second kappa shape index (κ2) is 8.53. The van der Waals surface area contributed by atoms with E-state index in [-0.39, 0.29) is 5.91 Å². The lowest BCUT2D eigenvalue weighted by Gasteiger charge is -2.31. The van der Waals surface area contributed by atoms with Crippen LogP contribution in [0.2, 0.25) is 0 Å². The van der Waals surface area contributed by atoms with E-state index in [0.717, 1.165) is 55.0 Å². The van der Waals surface area contributed by atoms with Crippen LogP contribution in [0.4, 0.5) is 0 Å². The molecule has 0 unspecified atom stereocenters. The molecule has 2 heterocycles. The van der Waals surface area contributed by atoms with Crippen molar-refractivity contribution in [1.82, 2.24) is 4.90 Å². The summed E-state index contributed by atoms with van der Waals surface area (Å²) in [7, 11) is 1.64. The lowest BCUT2D eigenvalue weighted by molar-refractivity contribution is -0.898. The number of methoxy groups -OCH3 is 1. The predicted octanol–water partition coefficient (Wildman–Crippen LogP) is 2.80. The first-order valence-electron chi connectivity index (χ1n) is 10.1. The third kappa shape index (κ3) is 4.20. The Kier molecular flexibility index (Phi) is 5.67. The van der Waals surface area contributed by atoms with E-state index in [1.807, 2.05) is 48.2 Å². The smallest absolute Gasteiger partial charge is 0.290 e. The number of piperazine rings is 1. The Morgan fingerprint density at radius 2 is 1.93 bits per heavy atom. The van der Waals surface area contributed by atoms with E-state index in [2.05, 4.69) is 24.3 Å². The highest BCUT2D eigenvalue weighted by molar-refractivity contribution is 5.99. The van der Waals surface area contributed by atoms with Crippen molar-refractivity contribution in [3.8, 4) is 5.75 Å². The zero-order valence-corrected chi connectivity index (χ0v) is 17.0. The molecule has 29 heavy (non-hydrogen) atoms. The minimum atomic E-state index is -0.0171. The van der Waals surface area contributed by atoms with Crippen LogP contribution in [-0.2, 0) is 0 Å². The fourth-order valence-electron chi connectivity index (χ4n) is 3.83. The first-order chi connectivity index (χ1) is 14.2. The fourth-order valence-corrected chi connectivity index (χ4v) is 3.83. The van der Waals surface area contributed by atoms with Crippen LogP contribution in [0.5, 0.6) is 5.75 Å². The third-order valence-electron chi connectivity index (χ3n) is 5.61. The normalized spacial score (nSPS) is 15.3. The molecule has 1 saturated heterocycles. The molecule has 150 valence electrons. The maximum Gasteiger partial charge on any atom is 0.290 e. The Morgan fingerprint density at radius 3 is 2.66 bits per heavy atom. The molecule has 0 bridgehead atoms. The van der Waals surface area contributed by atoms with Gasteiger partial charge < -0.3 is 19.0 Å². The largest absolute Gasteiger partial charge is 0.497 e. The number of nitrogens with one attached hydrogen (secondary N) is 1. The molecule has 0 aliphatic carbocycles. The number of nitrogens with zero attached hydrogens (tertiary/aromatic N) is 1. The highest BCUT2D eigenvalue weighted by Crippen LogP contribution is 2.29. The van der Waals surface area contributed by atoms with Crippen molar-refractivity contribution in [2.75, 3.05) is 39.8 Å². The second-order valence-electron chi connectivity index (χ2n) is 7.48. The molecule has 1 aliphatic heterocycles. The SMILES string of the molecule is COc1ccc2oc(C(=O)N3CC[NH+](C/C=C/c4ccccc4)CC3)c(C)c2c1. The van der Waals surface area contributed by atoms with E-state index in [9.17, 15) is 4.79 Å². The van der Waals surface area contributed by atoms with E-state index in [4.69, 9.17) is 9.15 Å². The van der Waals surface area contributed by atoms with Crippen molar-refractivity contribution in [2.24, 2.45) is 0 Å². The third-order valence-corrected chi connectivity index (χ3v) is 5.61. The molecule has 5 nitrogen and oxygen atoms in total. The van der Waals surface area contributed by atoms with Crippen LogP contribution in [0, 0.1) is 6.92 Å². The summed E-state index contributed by atoms with van der Waals surface area (Å²) in [5.74, 6) is 1.19. The van der Waals surface area contributed by atoms with Crippen LogP contribution in [0.15, 0.2) is 59.0 Å². The number of quaternary nitrogens is 1. The summed E-state index contributed by atoms with van der Waals surface area (Å²) in [6.45, 7) is 6.28. The van der Waals surface area contributed by atoms with Gasteiger partial charge in [-0.3, -0.25) is 4.79 Å². The van der Waals surface area contributed by atoms with Crippen LogP contribution in [-0.4, -0.2) is 50.6 Å². The average Bonchev–Trinajstić information content (AvgIpc) is 3.10. The van der Waals surface area contributed by atoms with Gasteiger partial charge in [-0.15, -0.1) is 0 Å². The van der Waals surface area contributed by atoms with Gasteiger partial charge in [-0.25, -0.2) is 0 Å². The fraction of sp³-hybridized carbons (Fsp3) is 0.292. The summed E-state index contributed by atoms with van der Waals surface area (Å²) < 4.78 is 11.2. The number of fused-ring (bicyclic) bond motifs is 1. The summed E-state index contributed by atoms with van der Waals surface area (Å²) in [5.41, 5.74) is 2.82. The Hall–Kier alpha value is -3.05. The van der Waals surface area contributed by atoms with E-state index >= 15 is 0 Å². The Labute approximate surface area is 171 Å². The maximum atomic E-state index is 13.0. The Balaban J connectivity index is 1.37. The van der Waals surface area contributed by atoms with Gasteiger partial charge >= 0.3 is 0 Å². The molecule has 0 radical (unpaired) electrons. The van der Waals surface area contributed by atoms with Gasteiger partial charge in [0.15, 0.2) is 5.76 Å². The molecule has 0 atom stereocenters. The topological polar surface area (TPSA) is 47.1 Å². The highest BCUT2D eigenvalue weighted by Gasteiger charge is 2.28. The number of aryl methyl sites for hydroxylation is 1. The minimum Gasteiger partial charge on any atom is -0.497 e. The van der Waals surface area contributed by atoms with Gasteiger partial charge in [-0.05, 0) is 36.8 Å². The molecule has 5 heteroatoms. The summed E-state index contributed by atoms with van der Waals surface area (Å²) >= 11 is 0. The lowest BCUT2D eigenvalue weighted by Crippen LogP contribution is -3.14. The van der Waals surface area contributed by atoms with E-state index in [0.29, 0.717) is 5.76 Å². The molecular formula is C24H27N2O3+. The van der Waals surface area contributed by atoms with Crippen molar-refractivity contribution < 1.29 is 18.8 Å². The van der Waals surface area contributed by atoms with Gasteiger partial charge in [0.25, 0.3) is 5.91 Å². The number of hydrogen-bond donors (Lipinski definition) is 1. The van der Waals surface area contributed by atoms with Crippen LogP contribution >= 0.6 is 0 Å². The summed E-state index contributed by atoms with van der Waals surface area (Å²) in [6, 6.07) is 16.0. The van der Waals surface area contributed by atoms with Crippen molar-refractivity contribution in [3.63, 3.8) is 0 Å². The number of rotatable bonds is 5. The van der Waals surface area contributed by atoms with Crippen LogP contribution in [0.25, 0.3) is 17.0 Å². The maximum absolute atomic E-state index is 13.0. The molecule has 1 amide bonds. The first kappa shape index (κ1) is 19.3.